The molecule has 1 aromatic carbocycles. The molecule has 0 saturated carbocycles. The maximum atomic E-state index is 12.3. The Morgan fingerprint density at radius 3 is 2.53 bits per heavy atom. The Bertz CT molecular complexity index is 1170. The highest BCUT2D eigenvalue weighted by molar-refractivity contribution is 7.92. The summed E-state index contributed by atoms with van der Waals surface area (Å²) >= 11 is 1.23. The first-order valence-corrected chi connectivity index (χ1v) is 11.3. The molecule has 0 fully saturated rings. The van der Waals surface area contributed by atoms with E-state index >= 15 is 0 Å². The van der Waals surface area contributed by atoms with Crippen molar-refractivity contribution in [2.45, 2.75) is 6.54 Å². The Kier molecular flexibility index (Phi) is 6.12. The van der Waals surface area contributed by atoms with Gasteiger partial charge in [0.25, 0.3) is 5.91 Å². The third-order valence-electron chi connectivity index (χ3n) is 3.78. The van der Waals surface area contributed by atoms with E-state index in [4.69, 9.17) is 0 Å². The Morgan fingerprint density at radius 2 is 1.90 bits per heavy atom. The monoisotopic (exact) mass is 449 g/mol. The van der Waals surface area contributed by atoms with Crippen molar-refractivity contribution >= 4 is 44.0 Å². The number of carbonyl (C=O) groups excluding carboxylic acids is 2. The van der Waals surface area contributed by atoms with Crippen molar-refractivity contribution in [3.05, 3.63) is 41.5 Å². The molecule has 0 aliphatic rings. The average molecular weight is 450 g/mol. The number of thiazole rings is 1. The van der Waals surface area contributed by atoms with Gasteiger partial charge in [0.1, 0.15) is 6.54 Å². The van der Waals surface area contributed by atoms with Crippen LogP contribution in [0.2, 0.25) is 0 Å². The molecular formula is C17H19N7O4S2. The van der Waals surface area contributed by atoms with Gasteiger partial charge in [0.05, 0.1) is 18.1 Å². The summed E-state index contributed by atoms with van der Waals surface area (Å²) in [7, 11) is -0.0893. The highest BCUT2D eigenvalue weighted by atomic mass is 32.2. The summed E-state index contributed by atoms with van der Waals surface area (Å²) in [6.07, 6.45) is 2.47. The fourth-order valence-corrected chi connectivity index (χ4v) is 3.59. The molecular weight excluding hydrogens is 430 g/mol. The molecule has 0 radical (unpaired) electrons. The van der Waals surface area contributed by atoms with Gasteiger partial charge in [0, 0.05) is 30.7 Å². The van der Waals surface area contributed by atoms with Gasteiger partial charge in [0.15, 0.2) is 10.8 Å². The Labute approximate surface area is 176 Å². The smallest absolute Gasteiger partial charge is 0.279 e. The quantitative estimate of drug-likeness (QED) is 0.551. The molecule has 0 aliphatic carbocycles. The first-order valence-electron chi connectivity index (χ1n) is 8.56. The number of sulfonamides is 1. The van der Waals surface area contributed by atoms with Gasteiger partial charge in [-0.2, -0.15) is 0 Å². The zero-order valence-electron chi connectivity index (χ0n) is 16.4. The van der Waals surface area contributed by atoms with Gasteiger partial charge >= 0.3 is 0 Å². The minimum atomic E-state index is -3.34. The molecule has 0 aliphatic heterocycles. The van der Waals surface area contributed by atoms with E-state index in [9.17, 15) is 18.0 Å². The molecule has 3 rings (SSSR count). The molecule has 2 aromatic heterocycles. The van der Waals surface area contributed by atoms with Crippen LogP contribution in [0.1, 0.15) is 10.5 Å². The van der Waals surface area contributed by atoms with Gasteiger partial charge in [0.2, 0.25) is 15.9 Å². The van der Waals surface area contributed by atoms with Crippen LogP contribution < -0.4 is 10.0 Å². The zero-order valence-corrected chi connectivity index (χ0v) is 18.0. The third-order valence-corrected chi connectivity index (χ3v) is 5.14. The highest BCUT2D eigenvalue weighted by Gasteiger charge is 2.15. The zero-order chi connectivity index (χ0) is 21.9. The van der Waals surface area contributed by atoms with Crippen LogP contribution in [0, 0.1) is 0 Å². The van der Waals surface area contributed by atoms with Gasteiger partial charge < -0.3 is 4.90 Å². The van der Waals surface area contributed by atoms with Crippen molar-refractivity contribution in [3.8, 4) is 11.3 Å². The Balaban J connectivity index is 1.65. The maximum Gasteiger partial charge on any atom is 0.279 e. The van der Waals surface area contributed by atoms with E-state index in [1.807, 2.05) is 0 Å². The van der Waals surface area contributed by atoms with Gasteiger partial charge in [-0.15, -0.1) is 16.4 Å². The van der Waals surface area contributed by atoms with Crippen LogP contribution in [0.4, 0.5) is 10.8 Å². The van der Waals surface area contributed by atoms with Gasteiger partial charge in [-0.05, 0) is 12.1 Å². The number of hydrogen-bond donors (Lipinski definition) is 2. The van der Waals surface area contributed by atoms with Crippen LogP contribution in [-0.4, -0.2) is 65.5 Å². The molecule has 0 spiro atoms. The van der Waals surface area contributed by atoms with Crippen LogP contribution >= 0.6 is 11.3 Å². The maximum absolute atomic E-state index is 12.3. The second kappa shape index (κ2) is 8.59. The van der Waals surface area contributed by atoms with Crippen LogP contribution in [0.25, 0.3) is 11.3 Å². The first-order chi connectivity index (χ1) is 14.1. The summed E-state index contributed by atoms with van der Waals surface area (Å²) in [5.74, 6) is -0.665. The molecule has 158 valence electrons. The Morgan fingerprint density at radius 1 is 1.20 bits per heavy atom. The number of carbonyl (C=O) groups is 2. The number of hydrogen-bond acceptors (Lipinski definition) is 8. The number of likely N-dealkylation sites (N-methyl/N-ethyl adjacent to an activating group) is 1. The van der Waals surface area contributed by atoms with Crippen molar-refractivity contribution in [1.82, 2.24) is 24.9 Å². The van der Waals surface area contributed by atoms with E-state index in [-0.39, 0.29) is 18.1 Å². The van der Waals surface area contributed by atoms with Crippen LogP contribution in [0.15, 0.2) is 35.8 Å². The number of aromatic nitrogens is 4. The average Bonchev–Trinajstić information content (AvgIpc) is 3.30. The van der Waals surface area contributed by atoms with Crippen molar-refractivity contribution < 1.29 is 18.0 Å². The summed E-state index contributed by atoms with van der Waals surface area (Å²) in [6, 6.07) is 6.70. The molecule has 2 amide bonds. The third kappa shape index (κ3) is 5.61. The lowest BCUT2D eigenvalue weighted by atomic mass is 10.1. The van der Waals surface area contributed by atoms with Crippen molar-refractivity contribution in [3.63, 3.8) is 0 Å². The van der Waals surface area contributed by atoms with E-state index in [1.54, 1.807) is 43.7 Å². The molecule has 0 atom stereocenters. The van der Waals surface area contributed by atoms with Gasteiger partial charge in [-0.3, -0.25) is 19.6 Å². The predicted molar refractivity (Wildman–Crippen MR) is 113 cm³/mol. The number of anilines is 2. The largest absolute Gasteiger partial charge is 0.347 e. The number of benzene rings is 1. The Hall–Kier alpha value is -3.32. The lowest BCUT2D eigenvalue weighted by Gasteiger charge is -2.08. The van der Waals surface area contributed by atoms with Crippen LogP contribution in [0.5, 0.6) is 0 Å². The molecule has 0 unspecified atom stereocenters. The molecule has 0 saturated heterocycles. The number of nitrogens with zero attached hydrogens (tertiary/aromatic N) is 5. The predicted octanol–water partition coefficient (Wildman–Crippen LogP) is 1.11. The fraction of sp³-hybridized carbons (Fsp3) is 0.235. The molecule has 2 heterocycles. The van der Waals surface area contributed by atoms with Crippen LogP contribution in [-0.2, 0) is 21.4 Å². The normalized spacial score (nSPS) is 11.2. The summed E-state index contributed by atoms with van der Waals surface area (Å²) in [5.41, 5.74) is 1.90. The second-order valence-electron chi connectivity index (χ2n) is 6.53. The number of nitrogens with one attached hydrogen (secondary N) is 2. The number of amides is 2. The first kappa shape index (κ1) is 21.4. The summed E-state index contributed by atoms with van der Waals surface area (Å²) < 4.78 is 26.2. The molecule has 11 nitrogen and oxygen atoms in total. The standard InChI is InChI=1S/C17H19N7O4S2/c1-23(2)15(25)9-24-8-13(20-22-24)16(26)19-17-18-14(10-29-17)11-4-6-12(7-5-11)21-30(3,27)28/h4-8,10,21H,9H2,1-3H3,(H,18,19,26). The van der Waals surface area contributed by atoms with E-state index in [0.717, 1.165) is 11.8 Å². The molecule has 2 N–H and O–H groups in total. The minimum Gasteiger partial charge on any atom is -0.347 e. The highest BCUT2D eigenvalue weighted by Crippen LogP contribution is 2.26. The second-order valence-corrected chi connectivity index (χ2v) is 9.14. The van der Waals surface area contributed by atoms with Crippen LogP contribution in [0.3, 0.4) is 0 Å². The SMILES string of the molecule is CN(C)C(=O)Cn1cc(C(=O)Nc2nc(-c3ccc(NS(C)(=O)=O)cc3)cs2)nn1. The summed E-state index contributed by atoms with van der Waals surface area (Å²) in [6.45, 7) is -0.0150. The van der Waals surface area contributed by atoms with E-state index in [1.165, 1.54) is 27.1 Å². The fourth-order valence-electron chi connectivity index (χ4n) is 2.31. The summed E-state index contributed by atoms with van der Waals surface area (Å²) in [4.78, 5) is 29.8. The topological polar surface area (TPSA) is 139 Å². The van der Waals surface area contributed by atoms with E-state index in [0.29, 0.717) is 16.5 Å². The summed E-state index contributed by atoms with van der Waals surface area (Å²) in [5, 5.41) is 12.3. The minimum absolute atomic E-state index is 0.0150. The molecule has 0 bridgehead atoms. The lowest BCUT2D eigenvalue weighted by Crippen LogP contribution is -2.26. The van der Waals surface area contributed by atoms with Gasteiger partial charge in [-0.1, -0.05) is 17.3 Å². The lowest BCUT2D eigenvalue weighted by molar-refractivity contribution is -0.129. The van der Waals surface area contributed by atoms with Gasteiger partial charge in [-0.25, -0.2) is 18.1 Å². The number of rotatable bonds is 7. The van der Waals surface area contributed by atoms with E-state index < -0.39 is 15.9 Å². The van der Waals surface area contributed by atoms with Crippen molar-refractivity contribution in [1.29, 1.82) is 0 Å². The molecule has 30 heavy (non-hydrogen) atoms. The van der Waals surface area contributed by atoms with Crippen molar-refractivity contribution in [2.24, 2.45) is 0 Å². The van der Waals surface area contributed by atoms with Crippen molar-refractivity contribution in [2.75, 3.05) is 30.4 Å². The van der Waals surface area contributed by atoms with E-state index in [2.05, 4.69) is 25.3 Å². The molecule has 13 heteroatoms. The molecule has 3 aromatic rings.